The quantitative estimate of drug-likeness (QED) is 0.489. The summed E-state index contributed by atoms with van der Waals surface area (Å²) in [5.74, 6) is 0.445. The van der Waals surface area contributed by atoms with E-state index in [0.29, 0.717) is 18.5 Å². The van der Waals surface area contributed by atoms with Gasteiger partial charge < -0.3 is 10.6 Å². The average Bonchev–Trinajstić information content (AvgIpc) is 3.29. The molecule has 0 saturated heterocycles. The number of hydrogen-bond donors (Lipinski definition) is 1. The molecule has 0 unspecified atom stereocenters. The van der Waals surface area contributed by atoms with Gasteiger partial charge in [-0.25, -0.2) is 4.39 Å². The molecule has 20 heavy (non-hydrogen) atoms. The molecule has 3 nitrogen and oxygen atoms in total. The van der Waals surface area contributed by atoms with Crippen molar-refractivity contribution in [3.63, 3.8) is 0 Å². The Bertz CT molecular complexity index is 510. The Morgan fingerprint density at radius 2 is 2.15 bits per heavy atom. The molecule has 2 fully saturated rings. The van der Waals surface area contributed by atoms with Crippen LogP contribution in [0.3, 0.4) is 0 Å². The van der Waals surface area contributed by atoms with Crippen LogP contribution in [0.25, 0.3) is 0 Å². The zero-order valence-electron chi connectivity index (χ0n) is 11.7. The molecular weight excluding hydrogens is 368 g/mol. The van der Waals surface area contributed by atoms with Crippen molar-refractivity contribution in [3.8, 4) is 0 Å². The molecule has 1 aromatic rings. The molecule has 1 aromatic carbocycles. The molecule has 0 aromatic heterocycles. The van der Waals surface area contributed by atoms with Gasteiger partial charge in [-0.2, -0.15) is 0 Å². The van der Waals surface area contributed by atoms with E-state index < -0.39 is 0 Å². The number of nitrogens with two attached hydrogens (primary N) is 1. The summed E-state index contributed by atoms with van der Waals surface area (Å²) >= 11 is 0. The van der Waals surface area contributed by atoms with E-state index in [9.17, 15) is 4.39 Å². The first-order valence-electron chi connectivity index (χ1n) is 6.90. The maximum Gasteiger partial charge on any atom is 0.191 e. The van der Waals surface area contributed by atoms with E-state index in [1.54, 1.807) is 12.1 Å². The summed E-state index contributed by atoms with van der Waals surface area (Å²) in [6, 6.07) is 7.45. The molecule has 2 aliphatic rings. The first-order chi connectivity index (χ1) is 9.11. The van der Waals surface area contributed by atoms with Gasteiger partial charge in [0.15, 0.2) is 5.96 Å². The summed E-state index contributed by atoms with van der Waals surface area (Å²) in [6.45, 7) is 0.666. The van der Waals surface area contributed by atoms with Gasteiger partial charge in [-0.3, -0.25) is 4.99 Å². The highest BCUT2D eigenvalue weighted by molar-refractivity contribution is 14.0. The molecule has 2 aliphatic carbocycles. The van der Waals surface area contributed by atoms with E-state index in [0.717, 1.165) is 18.4 Å². The molecule has 0 atom stereocenters. The normalized spacial score (nSPS) is 20.2. The monoisotopic (exact) mass is 389 g/mol. The van der Waals surface area contributed by atoms with Crippen molar-refractivity contribution in [3.05, 3.63) is 35.6 Å². The topological polar surface area (TPSA) is 41.6 Å². The van der Waals surface area contributed by atoms with E-state index >= 15 is 0 Å². The van der Waals surface area contributed by atoms with Crippen molar-refractivity contribution < 1.29 is 4.39 Å². The first-order valence-corrected chi connectivity index (χ1v) is 6.90. The fourth-order valence-electron chi connectivity index (χ4n) is 2.50. The van der Waals surface area contributed by atoms with Gasteiger partial charge in [0.2, 0.25) is 0 Å². The number of benzene rings is 1. The average molecular weight is 389 g/mol. The highest BCUT2D eigenvalue weighted by Gasteiger charge is 2.44. The van der Waals surface area contributed by atoms with Crippen LogP contribution in [0.2, 0.25) is 0 Å². The van der Waals surface area contributed by atoms with Crippen LogP contribution >= 0.6 is 24.0 Å². The Morgan fingerprint density at radius 3 is 2.70 bits per heavy atom. The second-order valence-corrected chi connectivity index (χ2v) is 5.81. The lowest BCUT2D eigenvalue weighted by atomic mass is 9.96. The fourth-order valence-corrected chi connectivity index (χ4v) is 2.50. The van der Waals surface area contributed by atoms with Crippen molar-refractivity contribution in [2.75, 3.05) is 13.6 Å². The van der Waals surface area contributed by atoms with Crippen molar-refractivity contribution in [2.24, 2.45) is 10.7 Å². The van der Waals surface area contributed by atoms with E-state index in [1.165, 1.54) is 18.9 Å². The summed E-state index contributed by atoms with van der Waals surface area (Å²) in [5, 5.41) is 0. The minimum atomic E-state index is -0.171. The molecule has 0 amide bonds. The van der Waals surface area contributed by atoms with Crippen molar-refractivity contribution in [1.29, 1.82) is 0 Å². The molecule has 0 spiro atoms. The Balaban J connectivity index is 0.00000147. The van der Waals surface area contributed by atoms with Crippen LogP contribution in [0.5, 0.6) is 0 Å². The maximum absolute atomic E-state index is 13.3. The molecule has 2 N–H and O–H groups in total. The Kier molecular flexibility index (Phi) is 4.56. The molecule has 0 heterocycles. The zero-order chi connectivity index (χ0) is 13.5. The minimum Gasteiger partial charge on any atom is -0.370 e. The van der Waals surface area contributed by atoms with Gasteiger partial charge in [0.05, 0.1) is 6.54 Å². The predicted molar refractivity (Wildman–Crippen MR) is 90.0 cm³/mol. The Labute approximate surface area is 136 Å². The van der Waals surface area contributed by atoms with Crippen LogP contribution in [0.1, 0.15) is 31.2 Å². The van der Waals surface area contributed by atoms with Gasteiger partial charge in [-0.1, -0.05) is 12.1 Å². The van der Waals surface area contributed by atoms with Crippen LogP contribution in [0.15, 0.2) is 29.3 Å². The SMILES string of the molecule is CN(C(N)=NCC1(c2cccc(F)c2)CC1)C1CC1.I. The van der Waals surface area contributed by atoms with E-state index in [-0.39, 0.29) is 35.2 Å². The third kappa shape index (κ3) is 3.24. The Hall–Kier alpha value is -0.850. The van der Waals surface area contributed by atoms with Crippen LogP contribution < -0.4 is 5.73 Å². The first kappa shape index (κ1) is 15.5. The van der Waals surface area contributed by atoms with E-state index in [1.807, 2.05) is 13.1 Å². The summed E-state index contributed by atoms with van der Waals surface area (Å²) in [6.07, 6.45) is 4.56. The summed E-state index contributed by atoms with van der Waals surface area (Å²) in [4.78, 5) is 6.58. The molecular formula is C15H21FIN3. The van der Waals surface area contributed by atoms with Gasteiger partial charge in [-0.15, -0.1) is 24.0 Å². The maximum atomic E-state index is 13.3. The number of aliphatic imine (C=N–C) groups is 1. The van der Waals surface area contributed by atoms with Crippen LogP contribution in [-0.2, 0) is 5.41 Å². The van der Waals surface area contributed by atoms with Gasteiger partial charge in [0.1, 0.15) is 5.82 Å². The van der Waals surface area contributed by atoms with E-state index in [4.69, 9.17) is 5.73 Å². The second kappa shape index (κ2) is 5.87. The lowest BCUT2D eigenvalue weighted by Crippen LogP contribution is -2.36. The van der Waals surface area contributed by atoms with Gasteiger partial charge in [-0.05, 0) is 43.4 Å². The molecule has 0 aliphatic heterocycles. The van der Waals surface area contributed by atoms with Crippen LogP contribution in [0, 0.1) is 5.82 Å². The van der Waals surface area contributed by atoms with Crippen LogP contribution in [-0.4, -0.2) is 30.5 Å². The third-order valence-corrected chi connectivity index (χ3v) is 4.29. The molecule has 5 heteroatoms. The molecule has 0 bridgehead atoms. The number of hydrogen-bond acceptors (Lipinski definition) is 1. The van der Waals surface area contributed by atoms with Crippen molar-refractivity contribution >= 4 is 29.9 Å². The third-order valence-electron chi connectivity index (χ3n) is 4.29. The smallest absolute Gasteiger partial charge is 0.191 e. The number of nitrogens with zero attached hydrogens (tertiary/aromatic N) is 2. The lowest BCUT2D eigenvalue weighted by molar-refractivity contribution is 0.485. The minimum absolute atomic E-state index is 0. The van der Waals surface area contributed by atoms with E-state index in [2.05, 4.69) is 9.89 Å². The fraction of sp³-hybridized carbons (Fsp3) is 0.533. The number of guanidine groups is 1. The number of halogens is 2. The second-order valence-electron chi connectivity index (χ2n) is 5.81. The van der Waals surface area contributed by atoms with Crippen molar-refractivity contribution in [1.82, 2.24) is 4.90 Å². The molecule has 0 radical (unpaired) electrons. The number of rotatable bonds is 4. The summed E-state index contributed by atoms with van der Waals surface area (Å²) in [7, 11) is 2.00. The van der Waals surface area contributed by atoms with Gasteiger partial charge in [0, 0.05) is 18.5 Å². The highest BCUT2D eigenvalue weighted by atomic mass is 127. The highest BCUT2D eigenvalue weighted by Crippen LogP contribution is 2.48. The largest absolute Gasteiger partial charge is 0.370 e. The molecule has 3 rings (SSSR count). The van der Waals surface area contributed by atoms with Gasteiger partial charge in [0.25, 0.3) is 0 Å². The standard InChI is InChI=1S/C15H20FN3.HI/c1-19(13-5-6-13)14(17)18-10-15(7-8-15)11-3-2-4-12(16)9-11;/h2-4,9,13H,5-8,10H2,1H3,(H2,17,18);1H. The zero-order valence-corrected chi connectivity index (χ0v) is 14.0. The van der Waals surface area contributed by atoms with Crippen molar-refractivity contribution in [2.45, 2.75) is 37.1 Å². The molecule has 110 valence electrons. The summed E-state index contributed by atoms with van der Waals surface area (Å²) < 4.78 is 13.3. The predicted octanol–water partition coefficient (Wildman–Crippen LogP) is 2.88. The lowest BCUT2D eigenvalue weighted by Gasteiger charge is -2.19. The summed E-state index contributed by atoms with van der Waals surface area (Å²) in [5.41, 5.74) is 7.08. The molecule has 2 saturated carbocycles. The van der Waals surface area contributed by atoms with Crippen LogP contribution in [0.4, 0.5) is 4.39 Å². The van der Waals surface area contributed by atoms with Gasteiger partial charge >= 0.3 is 0 Å². The Morgan fingerprint density at radius 1 is 1.45 bits per heavy atom.